The van der Waals surface area contributed by atoms with Crippen molar-refractivity contribution in [3.05, 3.63) is 11.4 Å². The molecular formula is C16H22N4O6. The Balaban J connectivity index is 1.96. The minimum Gasteiger partial charge on any atom is -0.450 e. The number of rotatable bonds is 6. The standard InChI is InChI=1S/C16H22N4O6/c1-3-25-14(23)17-11-12(19-5-6-19)10(21)9-16(13(11)22,20-7-8-20)18-15(24)26-4-2/h3-9H2,1-2H3,(H,17,23)(H,18,24). The molecule has 0 radical (unpaired) electrons. The van der Waals surface area contributed by atoms with E-state index < -0.39 is 23.6 Å². The van der Waals surface area contributed by atoms with Gasteiger partial charge in [0.2, 0.25) is 5.78 Å². The van der Waals surface area contributed by atoms with Crippen LogP contribution in [0.2, 0.25) is 0 Å². The molecule has 0 saturated carbocycles. The Hall–Kier alpha value is -2.62. The first-order chi connectivity index (χ1) is 12.4. The van der Waals surface area contributed by atoms with Gasteiger partial charge in [-0.05, 0) is 13.8 Å². The number of alkyl carbamates (subject to hydrolysis) is 2. The van der Waals surface area contributed by atoms with Crippen LogP contribution in [0, 0.1) is 0 Å². The fourth-order valence-corrected chi connectivity index (χ4v) is 3.05. The number of hydrogen-bond acceptors (Lipinski definition) is 8. The number of nitrogens with one attached hydrogen (secondary N) is 2. The van der Waals surface area contributed by atoms with Crippen LogP contribution in [0.15, 0.2) is 11.4 Å². The van der Waals surface area contributed by atoms with Gasteiger partial charge in [0.1, 0.15) is 11.4 Å². The molecule has 1 unspecified atom stereocenters. The average Bonchev–Trinajstić information content (AvgIpc) is 3.45. The van der Waals surface area contributed by atoms with Crippen molar-refractivity contribution in [2.45, 2.75) is 25.9 Å². The normalized spacial score (nSPS) is 25.1. The molecular weight excluding hydrogens is 344 g/mol. The predicted octanol–water partition coefficient (Wildman–Crippen LogP) is -0.440. The highest BCUT2D eigenvalue weighted by molar-refractivity contribution is 6.17. The lowest BCUT2D eigenvalue weighted by Crippen LogP contribution is -2.65. The summed E-state index contributed by atoms with van der Waals surface area (Å²) in [7, 11) is 0. The monoisotopic (exact) mass is 366 g/mol. The summed E-state index contributed by atoms with van der Waals surface area (Å²) >= 11 is 0. The smallest absolute Gasteiger partial charge is 0.411 e. The van der Waals surface area contributed by atoms with E-state index >= 15 is 0 Å². The van der Waals surface area contributed by atoms with Gasteiger partial charge in [-0.15, -0.1) is 0 Å². The largest absolute Gasteiger partial charge is 0.450 e. The molecule has 0 aromatic heterocycles. The quantitative estimate of drug-likeness (QED) is 0.608. The van der Waals surface area contributed by atoms with Crippen molar-refractivity contribution in [2.24, 2.45) is 0 Å². The van der Waals surface area contributed by atoms with Crippen molar-refractivity contribution >= 4 is 23.8 Å². The van der Waals surface area contributed by atoms with Crippen LogP contribution in [0.3, 0.4) is 0 Å². The van der Waals surface area contributed by atoms with E-state index in [1.807, 2.05) is 0 Å². The third-order valence-electron chi connectivity index (χ3n) is 4.36. The van der Waals surface area contributed by atoms with Gasteiger partial charge >= 0.3 is 12.2 Å². The highest BCUT2D eigenvalue weighted by Gasteiger charge is 2.57. The van der Waals surface area contributed by atoms with E-state index in [1.54, 1.807) is 23.6 Å². The summed E-state index contributed by atoms with van der Waals surface area (Å²) < 4.78 is 9.74. The maximum absolute atomic E-state index is 13.3. The van der Waals surface area contributed by atoms with Crippen LogP contribution in [0.1, 0.15) is 20.3 Å². The number of hydrogen-bond donors (Lipinski definition) is 2. The van der Waals surface area contributed by atoms with Crippen LogP contribution in [-0.2, 0) is 19.1 Å². The van der Waals surface area contributed by atoms with E-state index in [1.165, 1.54) is 0 Å². The van der Waals surface area contributed by atoms with Crippen LogP contribution < -0.4 is 10.6 Å². The molecule has 0 aromatic carbocycles. The number of ether oxygens (including phenoxy) is 2. The molecule has 0 aromatic rings. The highest BCUT2D eigenvalue weighted by Crippen LogP contribution is 2.36. The second kappa shape index (κ2) is 6.94. The number of amides is 2. The highest BCUT2D eigenvalue weighted by atomic mass is 16.6. The van der Waals surface area contributed by atoms with Crippen LogP contribution in [0.4, 0.5) is 9.59 Å². The molecule has 2 aliphatic heterocycles. The van der Waals surface area contributed by atoms with Gasteiger partial charge in [-0.2, -0.15) is 0 Å². The summed E-state index contributed by atoms with van der Waals surface area (Å²) in [5, 5.41) is 4.94. The van der Waals surface area contributed by atoms with E-state index in [0.29, 0.717) is 26.2 Å². The Morgan fingerprint density at radius 2 is 1.65 bits per heavy atom. The molecule has 10 nitrogen and oxygen atoms in total. The molecule has 2 heterocycles. The maximum Gasteiger partial charge on any atom is 0.411 e. The molecule has 0 bridgehead atoms. The number of ketones is 2. The zero-order valence-corrected chi connectivity index (χ0v) is 14.8. The molecule has 2 fully saturated rings. The second-order valence-corrected chi connectivity index (χ2v) is 6.18. The summed E-state index contributed by atoms with van der Waals surface area (Å²) in [4.78, 5) is 53.4. The lowest BCUT2D eigenvalue weighted by molar-refractivity contribution is -0.133. The van der Waals surface area contributed by atoms with Crippen molar-refractivity contribution < 1.29 is 28.7 Å². The maximum atomic E-state index is 13.3. The third-order valence-corrected chi connectivity index (χ3v) is 4.36. The van der Waals surface area contributed by atoms with Crippen molar-refractivity contribution in [3.63, 3.8) is 0 Å². The van der Waals surface area contributed by atoms with Crippen LogP contribution in [-0.4, -0.2) is 78.6 Å². The van der Waals surface area contributed by atoms with Gasteiger partial charge in [-0.3, -0.25) is 25.1 Å². The van der Waals surface area contributed by atoms with Gasteiger partial charge in [0.15, 0.2) is 11.4 Å². The Morgan fingerprint density at radius 1 is 1.04 bits per heavy atom. The van der Waals surface area contributed by atoms with Gasteiger partial charge in [-0.25, -0.2) is 9.59 Å². The molecule has 10 heteroatoms. The summed E-state index contributed by atoms with van der Waals surface area (Å²) in [6.07, 6.45) is -1.81. The minimum atomic E-state index is -1.54. The number of nitrogens with zero attached hydrogens (tertiary/aromatic N) is 2. The summed E-state index contributed by atoms with van der Waals surface area (Å²) in [6, 6.07) is 0. The van der Waals surface area contributed by atoms with Crippen molar-refractivity contribution in [1.82, 2.24) is 20.4 Å². The van der Waals surface area contributed by atoms with Crippen molar-refractivity contribution in [2.75, 3.05) is 39.4 Å². The predicted molar refractivity (Wildman–Crippen MR) is 87.8 cm³/mol. The zero-order valence-electron chi connectivity index (χ0n) is 14.8. The van der Waals surface area contributed by atoms with E-state index in [4.69, 9.17) is 9.47 Å². The Labute approximate surface area is 150 Å². The fraction of sp³-hybridized carbons (Fsp3) is 0.625. The SMILES string of the molecule is CCOC(=O)NC1=C(N2CC2)C(=O)CC(NC(=O)OCC)(N2CC2)C1=O. The molecule has 1 aliphatic carbocycles. The van der Waals surface area contributed by atoms with Gasteiger partial charge in [-0.1, -0.05) is 0 Å². The van der Waals surface area contributed by atoms with E-state index in [9.17, 15) is 19.2 Å². The first-order valence-electron chi connectivity index (χ1n) is 8.64. The number of carbonyl (C=O) groups excluding carboxylic acids is 4. The Morgan fingerprint density at radius 3 is 2.19 bits per heavy atom. The van der Waals surface area contributed by atoms with Gasteiger partial charge in [0, 0.05) is 26.2 Å². The second-order valence-electron chi connectivity index (χ2n) is 6.18. The van der Waals surface area contributed by atoms with E-state index in [0.717, 1.165) is 0 Å². The van der Waals surface area contributed by atoms with E-state index in [-0.39, 0.29) is 36.8 Å². The third kappa shape index (κ3) is 3.36. The first-order valence-corrected chi connectivity index (χ1v) is 8.64. The number of Topliss-reactive ketones (excluding diaryl/α,β-unsaturated/α-hetero) is 2. The molecule has 3 aliphatic rings. The van der Waals surface area contributed by atoms with Crippen LogP contribution in [0.5, 0.6) is 0 Å². The summed E-state index contributed by atoms with van der Waals surface area (Å²) in [5.41, 5.74) is -1.51. The Bertz CT molecular complexity index is 682. The van der Waals surface area contributed by atoms with Crippen molar-refractivity contribution in [1.29, 1.82) is 0 Å². The number of carbonyl (C=O) groups is 4. The van der Waals surface area contributed by atoms with Gasteiger partial charge in [0.05, 0.1) is 19.6 Å². The molecule has 3 rings (SSSR count). The topological polar surface area (TPSA) is 117 Å². The van der Waals surface area contributed by atoms with Crippen LogP contribution >= 0.6 is 0 Å². The number of allylic oxidation sites excluding steroid dienone is 1. The molecule has 2 saturated heterocycles. The zero-order chi connectivity index (χ0) is 18.9. The fourth-order valence-electron chi connectivity index (χ4n) is 3.05. The first kappa shape index (κ1) is 18.2. The lowest BCUT2D eigenvalue weighted by atomic mass is 9.87. The minimum absolute atomic E-state index is 0.124. The Kier molecular flexibility index (Phi) is 4.86. The summed E-state index contributed by atoms with van der Waals surface area (Å²) in [6.45, 7) is 5.90. The summed E-state index contributed by atoms with van der Waals surface area (Å²) in [5.74, 6) is -0.866. The molecule has 142 valence electrons. The average molecular weight is 366 g/mol. The van der Waals surface area contributed by atoms with Crippen LogP contribution in [0.25, 0.3) is 0 Å². The molecule has 26 heavy (non-hydrogen) atoms. The molecule has 2 amide bonds. The van der Waals surface area contributed by atoms with Crippen molar-refractivity contribution in [3.8, 4) is 0 Å². The lowest BCUT2D eigenvalue weighted by Gasteiger charge is -2.38. The molecule has 2 N–H and O–H groups in total. The van der Waals surface area contributed by atoms with E-state index in [2.05, 4.69) is 10.6 Å². The van der Waals surface area contributed by atoms with Gasteiger partial charge in [0.25, 0.3) is 0 Å². The molecule has 0 spiro atoms. The van der Waals surface area contributed by atoms with Gasteiger partial charge < -0.3 is 14.4 Å². The molecule has 1 atom stereocenters.